The largest absolute Gasteiger partial charge is 0.374 e. The van der Waals surface area contributed by atoms with Crippen molar-refractivity contribution in [3.05, 3.63) is 65.4 Å². The molecule has 1 atom stereocenters. The summed E-state index contributed by atoms with van der Waals surface area (Å²) in [5.41, 5.74) is 4.19. The van der Waals surface area contributed by atoms with Gasteiger partial charge in [-0.15, -0.1) is 10.2 Å². The van der Waals surface area contributed by atoms with E-state index in [1.165, 1.54) is 5.56 Å². The van der Waals surface area contributed by atoms with E-state index >= 15 is 0 Å². The second-order valence-electron chi connectivity index (χ2n) is 5.49. The highest BCUT2D eigenvalue weighted by atomic mass is 32.1. The predicted molar refractivity (Wildman–Crippen MR) is 94.9 cm³/mol. The molecular formula is C18H16N4OS. The number of H-pyrrole nitrogens is 1. The van der Waals surface area contributed by atoms with Crippen LogP contribution in [0.5, 0.6) is 0 Å². The average Bonchev–Trinajstić information content (AvgIpc) is 3.29. The summed E-state index contributed by atoms with van der Waals surface area (Å²) in [5, 5.41) is 10.4. The average molecular weight is 336 g/mol. The van der Waals surface area contributed by atoms with Crippen LogP contribution in [0.2, 0.25) is 0 Å². The maximum atomic E-state index is 5.64. The third kappa shape index (κ3) is 2.93. The van der Waals surface area contributed by atoms with E-state index in [2.05, 4.69) is 32.3 Å². The smallest absolute Gasteiger partial charge is 0.147 e. The Kier molecular flexibility index (Phi) is 4.06. The van der Waals surface area contributed by atoms with Gasteiger partial charge in [-0.05, 0) is 23.8 Å². The van der Waals surface area contributed by atoms with Crippen molar-refractivity contribution >= 4 is 22.4 Å². The van der Waals surface area contributed by atoms with Crippen LogP contribution in [-0.2, 0) is 11.2 Å². The van der Waals surface area contributed by atoms with Crippen LogP contribution < -0.4 is 0 Å². The third-order valence-electron chi connectivity index (χ3n) is 3.93. The zero-order valence-electron chi connectivity index (χ0n) is 13.1. The Hall–Kier alpha value is -2.57. The first-order chi connectivity index (χ1) is 11.8. The van der Waals surface area contributed by atoms with Crippen LogP contribution >= 0.6 is 11.3 Å². The molecule has 2 heterocycles. The molecule has 0 aliphatic carbocycles. The fraction of sp³-hybridized carbons (Fsp3) is 0.167. The van der Waals surface area contributed by atoms with E-state index in [0.717, 1.165) is 33.0 Å². The van der Waals surface area contributed by atoms with Crippen molar-refractivity contribution in [3.8, 4) is 10.6 Å². The van der Waals surface area contributed by atoms with Gasteiger partial charge in [0.2, 0.25) is 0 Å². The summed E-state index contributed by atoms with van der Waals surface area (Å²) in [5.74, 6) is 0. The molecule has 0 radical (unpaired) electrons. The molecule has 0 aliphatic heterocycles. The number of nitrogens with one attached hydrogen (secondary N) is 1. The quantitative estimate of drug-likeness (QED) is 0.598. The molecule has 24 heavy (non-hydrogen) atoms. The molecular weight excluding hydrogens is 320 g/mol. The Morgan fingerprint density at radius 2 is 2.00 bits per heavy atom. The van der Waals surface area contributed by atoms with Crippen molar-refractivity contribution in [2.75, 3.05) is 7.11 Å². The van der Waals surface area contributed by atoms with E-state index in [-0.39, 0.29) is 6.10 Å². The molecule has 120 valence electrons. The van der Waals surface area contributed by atoms with Gasteiger partial charge >= 0.3 is 0 Å². The monoisotopic (exact) mass is 336 g/mol. The van der Waals surface area contributed by atoms with E-state index in [9.17, 15) is 0 Å². The van der Waals surface area contributed by atoms with Gasteiger partial charge in [-0.2, -0.15) is 0 Å². The Balaban J connectivity index is 1.60. The van der Waals surface area contributed by atoms with Crippen molar-refractivity contribution < 1.29 is 4.74 Å². The molecule has 4 rings (SSSR count). The molecule has 0 aliphatic rings. The van der Waals surface area contributed by atoms with Gasteiger partial charge in [0.05, 0.1) is 17.4 Å². The van der Waals surface area contributed by atoms with Crippen molar-refractivity contribution in [3.63, 3.8) is 0 Å². The van der Waals surface area contributed by atoms with Crippen molar-refractivity contribution in [1.82, 2.24) is 20.2 Å². The van der Waals surface area contributed by atoms with Crippen LogP contribution in [0.4, 0.5) is 0 Å². The van der Waals surface area contributed by atoms with Gasteiger partial charge in [0.1, 0.15) is 16.1 Å². The zero-order chi connectivity index (χ0) is 16.4. The number of hydrogen-bond acceptors (Lipinski definition) is 5. The lowest BCUT2D eigenvalue weighted by molar-refractivity contribution is 0.103. The second-order valence-corrected chi connectivity index (χ2v) is 6.50. The first-order valence-electron chi connectivity index (χ1n) is 7.67. The molecule has 2 aromatic carbocycles. The SMILES string of the molecule is COC(Cc1ccccc1)c1nnc(-c2ccc3[nH]cnc3c2)s1. The zero-order valence-corrected chi connectivity index (χ0v) is 14.0. The summed E-state index contributed by atoms with van der Waals surface area (Å²) in [6.07, 6.45) is 2.39. The first kappa shape index (κ1) is 15.0. The molecule has 0 spiro atoms. The number of aromatic amines is 1. The number of imidazole rings is 1. The van der Waals surface area contributed by atoms with E-state index < -0.39 is 0 Å². The summed E-state index contributed by atoms with van der Waals surface area (Å²) >= 11 is 1.56. The second kappa shape index (κ2) is 6.51. The lowest BCUT2D eigenvalue weighted by Gasteiger charge is -2.11. The summed E-state index contributed by atoms with van der Waals surface area (Å²) in [4.78, 5) is 7.39. The van der Waals surface area contributed by atoms with Gasteiger partial charge in [-0.25, -0.2) is 4.98 Å². The van der Waals surface area contributed by atoms with E-state index in [0.29, 0.717) is 0 Å². The normalized spacial score (nSPS) is 12.5. The van der Waals surface area contributed by atoms with E-state index in [1.807, 2.05) is 36.4 Å². The van der Waals surface area contributed by atoms with Crippen LogP contribution in [0.1, 0.15) is 16.7 Å². The standard InChI is InChI=1S/C18H16N4OS/c1-23-16(9-12-5-3-2-4-6-12)18-22-21-17(24-18)13-7-8-14-15(10-13)20-11-19-14/h2-8,10-11,16H,9H2,1H3,(H,19,20). The molecule has 0 saturated carbocycles. The minimum absolute atomic E-state index is 0.0900. The fourth-order valence-corrected chi connectivity index (χ4v) is 3.56. The number of benzene rings is 2. The van der Waals surface area contributed by atoms with Gasteiger partial charge in [-0.3, -0.25) is 0 Å². The molecule has 1 N–H and O–H groups in total. The molecule has 1 unspecified atom stereocenters. The first-order valence-corrected chi connectivity index (χ1v) is 8.49. The number of ether oxygens (including phenoxy) is 1. The number of rotatable bonds is 5. The van der Waals surface area contributed by atoms with Crippen LogP contribution in [-0.4, -0.2) is 27.3 Å². The lowest BCUT2D eigenvalue weighted by atomic mass is 10.1. The van der Waals surface area contributed by atoms with Crippen LogP contribution in [0, 0.1) is 0 Å². The van der Waals surface area contributed by atoms with Gasteiger partial charge in [-0.1, -0.05) is 41.7 Å². The third-order valence-corrected chi connectivity index (χ3v) is 5.00. The van der Waals surface area contributed by atoms with E-state index in [4.69, 9.17) is 4.74 Å². The van der Waals surface area contributed by atoms with Gasteiger partial charge in [0.15, 0.2) is 0 Å². The summed E-state index contributed by atoms with van der Waals surface area (Å²) in [6, 6.07) is 16.3. The molecule has 2 aromatic heterocycles. The van der Waals surface area contributed by atoms with Gasteiger partial charge in [0, 0.05) is 19.1 Å². The molecule has 6 heteroatoms. The Labute approximate surface area is 143 Å². The molecule has 0 fully saturated rings. The molecule has 0 amide bonds. The maximum Gasteiger partial charge on any atom is 0.147 e. The molecule has 4 aromatic rings. The predicted octanol–water partition coefficient (Wildman–Crippen LogP) is 4.01. The number of methoxy groups -OCH3 is 1. The Morgan fingerprint density at radius 1 is 1.12 bits per heavy atom. The number of hydrogen-bond donors (Lipinski definition) is 1. The molecule has 5 nitrogen and oxygen atoms in total. The summed E-state index contributed by atoms with van der Waals surface area (Å²) in [6.45, 7) is 0. The van der Waals surface area contributed by atoms with Crippen molar-refractivity contribution in [1.29, 1.82) is 0 Å². The summed E-state index contributed by atoms with van der Waals surface area (Å²) < 4.78 is 5.64. The molecule has 0 saturated heterocycles. The van der Waals surface area contributed by atoms with Gasteiger partial charge in [0.25, 0.3) is 0 Å². The van der Waals surface area contributed by atoms with Crippen LogP contribution in [0.25, 0.3) is 21.6 Å². The highest BCUT2D eigenvalue weighted by Crippen LogP contribution is 2.31. The minimum Gasteiger partial charge on any atom is -0.374 e. The van der Waals surface area contributed by atoms with Crippen molar-refractivity contribution in [2.45, 2.75) is 12.5 Å². The number of aromatic nitrogens is 4. The molecule has 0 bridgehead atoms. The minimum atomic E-state index is -0.0900. The Bertz CT molecular complexity index is 948. The summed E-state index contributed by atoms with van der Waals surface area (Å²) in [7, 11) is 1.71. The topological polar surface area (TPSA) is 63.7 Å². The van der Waals surface area contributed by atoms with Crippen LogP contribution in [0.15, 0.2) is 54.9 Å². The number of fused-ring (bicyclic) bond motifs is 1. The number of nitrogens with zero attached hydrogens (tertiary/aromatic N) is 3. The van der Waals surface area contributed by atoms with Crippen molar-refractivity contribution in [2.24, 2.45) is 0 Å². The van der Waals surface area contributed by atoms with Gasteiger partial charge < -0.3 is 9.72 Å². The fourth-order valence-electron chi connectivity index (χ4n) is 2.65. The maximum absolute atomic E-state index is 5.64. The van der Waals surface area contributed by atoms with E-state index in [1.54, 1.807) is 24.8 Å². The Morgan fingerprint density at radius 3 is 2.83 bits per heavy atom. The highest BCUT2D eigenvalue weighted by molar-refractivity contribution is 7.14. The highest BCUT2D eigenvalue weighted by Gasteiger charge is 2.18. The van der Waals surface area contributed by atoms with Crippen LogP contribution in [0.3, 0.4) is 0 Å². The lowest BCUT2D eigenvalue weighted by Crippen LogP contribution is -2.04.